The number of carbonyl (C=O) groups excluding carboxylic acids is 1. The number of benzene rings is 2. The highest BCUT2D eigenvalue weighted by atomic mass is 32.1. The first kappa shape index (κ1) is 21.2. The summed E-state index contributed by atoms with van der Waals surface area (Å²) in [7, 11) is 2.76. The first-order chi connectivity index (χ1) is 15.4. The monoisotopic (exact) mass is 450 g/mol. The van der Waals surface area contributed by atoms with Crippen LogP contribution in [-0.2, 0) is 0 Å². The summed E-state index contributed by atoms with van der Waals surface area (Å²) in [6.07, 6.45) is 1.72. The van der Waals surface area contributed by atoms with E-state index in [2.05, 4.69) is 15.3 Å². The second kappa shape index (κ2) is 8.60. The molecule has 0 spiro atoms. The van der Waals surface area contributed by atoms with Gasteiger partial charge in [0.1, 0.15) is 20.9 Å². The summed E-state index contributed by atoms with van der Waals surface area (Å²) in [5, 5.41) is 15.1. The Labute approximate surface area is 186 Å². The fourth-order valence-corrected chi connectivity index (χ4v) is 4.12. The number of methoxy groups -OCH3 is 2. The van der Waals surface area contributed by atoms with Gasteiger partial charge in [-0.25, -0.2) is 9.97 Å². The molecule has 10 heteroatoms. The van der Waals surface area contributed by atoms with Crippen LogP contribution in [0.15, 0.2) is 48.7 Å². The highest BCUT2D eigenvalue weighted by Crippen LogP contribution is 2.35. The van der Waals surface area contributed by atoms with E-state index in [0.717, 1.165) is 26.5 Å². The van der Waals surface area contributed by atoms with Crippen LogP contribution in [0, 0.1) is 17.0 Å². The standard InChI is InChI=1S/C22H18N4O5S/c1-12-9-13(21-25-16-5-4-8-23-22(16)32-21)6-7-15(12)24-20(27)14-10-18(30-2)19(31-3)11-17(14)26(28)29/h4-11H,1-3H3,(H,24,27). The number of ether oxygens (including phenoxy) is 2. The lowest BCUT2D eigenvalue weighted by atomic mass is 10.1. The molecule has 1 N–H and O–H groups in total. The van der Waals surface area contributed by atoms with Crippen molar-refractivity contribution < 1.29 is 19.2 Å². The first-order valence-corrected chi connectivity index (χ1v) is 10.3. The van der Waals surface area contributed by atoms with Crippen molar-refractivity contribution in [3.63, 3.8) is 0 Å². The van der Waals surface area contributed by atoms with Crippen LogP contribution in [0.5, 0.6) is 11.5 Å². The highest BCUT2D eigenvalue weighted by molar-refractivity contribution is 7.21. The molecule has 0 radical (unpaired) electrons. The van der Waals surface area contributed by atoms with Gasteiger partial charge in [0.15, 0.2) is 11.5 Å². The molecule has 0 atom stereocenters. The summed E-state index contributed by atoms with van der Waals surface area (Å²) >= 11 is 1.48. The third-order valence-corrected chi connectivity index (χ3v) is 5.86. The molecule has 0 aliphatic heterocycles. The number of thiazole rings is 1. The average molecular weight is 450 g/mol. The van der Waals surface area contributed by atoms with Crippen molar-refractivity contribution in [2.45, 2.75) is 6.92 Å². The van der Waals surface area contributed by atoms with Gasteiger partial charge >= 0.3 is 0 Å². The molecule has 9 nitrogen and oxygen atoms in total. The number of pyridine rings is 1. The van der Waals surface area contributed by atoms with E-state index in [1.165, 1.54) is 37.7 Å². The van der Waals surface area contributed by atoms with Crippen molar-refractivity contribution in [1.29, 1.82) is 0 Å². The van der Waals surface area contributed by atoms with Crippen molar-refractivity contribution in [2.24, 2.45) is 0 Å². The second-order valence-corrected chi connectivity index (χ2v) is 7.79. The molecular weight excluding hydrogens is 432 g/mol. The minimum absolute atomic E-state index is 0.131. The lowest BCUT2D eigenvalue weighted by Crippen LogP contribution is -2.15. The van der Waals surface area contributed by atoms with E-state index in [9.17, 15) is 14.9 Å². The number of rotatable bonds is 6. The van der Waals surface area contributed by atoms with Crippen LogP contribution < -0.4 is 14.8 Å². The number of nitrogens with one attached hydrogen (secondary N) is 1. The topological polar surface area (TPSA) is 116 Å². The van der Waals surface area contributed by atoms with Gasteiger partial charge in [-0.2, -0.15) is 0 Å². The number of nitrogens with zero attached hydrogens (tertiary/aromatic N) is 3. The van der Waals surface area contributed by atoms with Crippen LogP contribution in [0.25, 0.3) is 20.9 Å². The maximum absolute atomic E-state index is 12.9. The van der Waals surface area contributed by atoms with Gasteiger partial charge in [-0.1, -0.05) is 11.3 Å². The Balaban J connectivity index is 1.64. The zero-order chi connectivity index (χ0) is 22.8. The molecule has 4 rings (SSSR count). The van der Waals surface area contributed by atoms with Gasteiger partial charge in [-0.15, -0.1) is 0 Å². The SMILES string of the molecule is COc1cc(C(=O)Nc2ccc(-c3nc4cccnc4s3)cc2C)c([N+](=O)[O-])cc1OC. The van der Waals surface area contributed by atoms with Gasteiger partial charge in [0, 0.05) is 23.5 Å². The number of amides is 1. The van der Waals surface area contributed by atoms with E-state index in [1.54, 1.807) is 12.3 Å². The molecule has 2 aromatic carbocycles. The number of nitro benzene ring substituents is 1. The number of hydrogen-bond acceptors (Lipinski definition) is 8. The summed E-state index contributed by atoms with van der Waals surface area (Å²) in [6, 6.07) is 11.7. The minimum Gasteiger partial charge on any atom is -0.493 e. The predicted molar refractivity (Wildman–Crippen MR) is 122 cm³/mol. The van der Waals surface area contributed by atoms with E-state index < -0.39 is 10.8 Å². The maximum Gasteiger partial charge on any atom is 0.286 e. The Morgan fingerprint density at radius 2 is 1.88 bits per heavy atom. The largest absolute Gasteiger partial charge is 0.493 e. The van der Waals surface area contributed by atoms with E-state index in [4.69, 9.17) is 9.47 Å². The molecule has 2 aromatic heterocycles. The first-order valence-electron chi connectivity index (χ1n) is 9.45. The molecule has 4 aromatic rings. The Bertz CT molecular complexity index is 1320. The van der Waals surface area contributed by atoms with Crippen molar-refractivity contribution in [2.75, 3.05) is 19.5 Å². The number of anilines is 1. The van der Waals surface area contributed by atoms with Gasteiger partial charge < -0.3 is 14.8 Å². The Kier molecular flexibility index (Phi) is 5.69. The van der Waals surface area contributed by atoms with Gasteiger partial charge in [0.25, 0.3) is 11.6 Å². The summed E-state index contributed by atoms with van der Waals surface area (Å²) in [5.41, 5.74) is 2.52. The average Bonchev–Trinajstić information content (AvgIpc) is 3.23. The zero-order valence-corrected chi connectivity index (χ0v) is 18.2. The molecule has 0 saturated carbocycles. The number of fused-ring (bicyclic) bond motifs is 1. The smallest absolute Gasteiger partial charge is 0.286 e. The summed E-state index contributed by atoms with van der Waals surface area (Å²) in [4.78, 5) is 33.5. The molecule has 2 heterocycles. The van der Waals surface area contributed by atoms with Crippen LogP contribution in [0.2, 0.25) is 0 Å². The fraction of sp³-hybridized carbons (Fsp3) is 0.136. The van der Waals surface area contributed by atoms with Crippen LogP contribution in [-0.4, -0.2) is 35.0 Å². The van der Waals surface area contributed by atoms with Crippen molar-refractivity contribution in [3.8, 4) is 22.1 Å². The minimum atomic E-state index is -0.631. The summed E-state index contributed by atoms with van der Waals surface area (Å²) in [5.74, 6) is -0.237. The molecule has 0 bridgehead atoms. The van der Waals surface area contributed by atoms with E-state index in [-0.39, 0.29) is 22.7 Å². The number of aryl methyl sites for hydroxylation is 1. The van der Waals surface area contributed by atoms with Gasteiger partial charge in [-0.05, 0) is 42.8 Å². The third kappa shape index (κ3) is 3.95. The normalized spacial score (nSPS) is 10.7. The lowest BCUT2D eigenvalue weighted by molar-refractivity contribution is -0.385. The molecular formula is C22H18N4O5S. The van der Waals surface area contributed by atoms with Gasteiger partial charge in [-0.3, -0.25) is 14.9 Å². The quantitative estimate of drug-likeness (QED) is 0.330. The molecule has 0 aliphatic carbocycles. The Morgan fingerprint density at radius 1 is 1.12 bits per heavy atom. The fourth-order valence-electron chi connectivity index (χ4n) is 3.22. The third-order valence-electron chi connectivity index (χ3n) is 4.83. The van der Waals surface area contributed by atoms with Crippen molar-refractivity contribution in [3.05, 3.63) is 69.9 Å². The molecule has 0 fully saturated rings. The van der Waals surface area contributed by atoms with E-state index in [0.29, 0.717) is 5.69 Å². The van der Waals surface area contributed by atoms with Crippen LogP contribution in [0.3, 0.4) is 0 Å². The van der Waals surface area contributed by atoms with Crippen molar-refractivity contribution in [1.82, 2.24) is 9.97 Å². The van der Waals surface area contributed by atoms with Gasteiger partial charge in [0.2, 0.25) is 0 Å². The molecule has 0 saturated heterocycles. The predicted octanol–water partition coefficient (Wildman–Crippen LogP) is 4.84. The van der Waals surface area contributed by atoms with E-state index in [1.807, 2.05) is 31.2 Å². The van der Waals surface area contributed by atoms with Crippen LogP contribution >= 0.6 is 11.3 Å². The summed E-state index contributed by atoms with van der Waals surface area (Å²) < 4.78 is 10.3. The van der Waals surface area contributed by atoms with Gasteiger partial charge in [0.05, 0.1) is 25.2 Å². The molecule has 162 valence electrons. The second-order valence-electron chi connectivity index (χ2n) is 6.81. The number of aromatic nitrogens is 2. The van der Waals surface area contributed by atoms with E-state index >= 15 is 0 Å². The lowest BCUT2D eigenvalue weighted by Gasteiger charge is -2.12. The molecule has 32 heavy (non-hydrogen) atoms. The van der Waals surface area contributed by atoms with Crippen LogP contribution in [0.1, 0.15) is 15.9 Å². The Morgan fingerprint density at radius 3 is 2.53 bits per heavy atom. The van der Waals surface area contributed by atoms with Crippen molar-refractivity contribution >= 4 is 39.0 Å². The van der Waals surface area contributed by atoms with Crippen LogP contribution in [0.4, 0.5) is 11.4 Å². The summed E-state index contributed by atoms with van der Waals surface area (Å²) in [6.45, 7) is 1.84. The highest BCUT2D eigenvalue weighted by Gasteiger charge is 2.25. The zero-order valence-electron chi connectivity index (χ0n) is 17.4. The number of nitro groups is 1. The molecule has 0 aliphatic rings. The molecule has 0 unspecified atom stereocenters. The maximum atomic E-state index is 12.9. The number of carbonyl (C=O) groups is 1. The Hall–Kier alpha value is -4.05. The number of hydrogen-bond donors (Lipinski definition) is 1. The molecule has 1 amide bonds.